The quantitative estimate of drug-likeness (QED) is 0.542. The summed E-state index contributed by atoms with van der Waals surface area (Å²) in [5.41, 5.74) is 5.17. The number of aromatic nitrogens is 4. The highest BCUT2D eigenvalue weighted by molar-refractivity contribution is 8.00. The van der Waals surface area contributed by atoms with Crippen molar-refractivity contribution < 1.29 is 4.79 Å². The van der Waals surface area contributed by atoms with E-state index in [2.05, 4.69) is 34.2 Å². The fourth-order valence-corrected chi connectivity index (χ4v) is 4.00. The first-order chi connectivity index (χ1) is 14.3. The number of anilines is 2. The molecule has 0 spiro atoms. The van der Waals surface area contributed by atoms with Crippen LogP contribution >= 0.6 is 11.8 Å². The minimum absolute atomic E-state index is 0.0824. The first kappa shape index (κ1) is 22.1. The van der Waals surface area contributed by atoms with Gasteiger partial charge in [-0.05, 0) is 63.4 Å². The molecule has 0 aliphatic rings. The Hall–Kier alpha value is -2.61. The lowest BCUT2D eigenvalue weighted by Crippen LogP contribution is -2.22. The van der Waals surface area contributed by atoms with Crippen LogP contribution in [0.2, 0.25) is 0 Å². The number of thioether (sulfide) groups is 1. The molecule has 2 aromatic heterocycles. The van der Waals surface area contributed by atoms with Crippen molar-refractivity contribution in [2.45, 2.75) is 57.4 Å². The maximum atomic E-state index is 12.6. The van der Waals surface area contributed by atoms with Gasteiger partial charge >= 0.3 is 0 Å². The van der Waals surface area contributed by atoms with Crippen molar-refractivity contribution in [3.8, 4) is 0 Å². The second kappa shape index (κ2) is 9.47. The van der Waals surface area contributed by atoms with Gasteiger partial charge in [-0.2, -0.15) is 4.98 Å². The predicted octanol–water partition coefficient (Wildman–Crippen LogP) is 4.27. The second-order valence-corrected chi connectivity index (χ2v) is 8.97. The number of hydrogen-bond donors (Lipinski definition) is 1. The Morgan fingerprint density at radius 2 is 1.90 bits per heavy atom. The van der Waals surface area contributed by atoms with Gasteiger partial charge in [-0.15, -0.1) is 5.10 Å². The first-order valence-electron chi connectivity index (χ1n) is 10.3. The molecule has 7 nitrogen and oxygen atoms in total. The molecule has 1 aromatic carbocycles. The zero-order valence-electron chi connectivity index (χ0n) is 18.6. The van der Waals surface area contributed by atoms with Crippen LogP contribution in [0.1, 0.15) is 43.6 Å². The van der Waals surface area contributed by atoms with Crippen LogP contribution in [0.15, 0.2) is 29.4 Å². The maximum Gasteiger partial charge on any atom is 0.253 e. The topological polar surface area (TPSA) is 75.4 Å². The highest BCUT2D eigenvalue weighted by Gasteiger charge is 2.19. The van der Waals surface area contributed by atoms with E-state index in [9.17, 15) is 4.79 Å². The number of carbonyl (C=O) groups excluding carboxylic acids is 1. The lowest BCUT2D eigenvalue weighted by atomic mass is 10.1. The second-order valence-electron chi connectivity index (χ2n) is 7.66. The molecule has 0 saturated heterocycles. The van der Waals surface area contributed by atoms with E-state index in [4.69, 9.17) is 0 Å². The Bertz CT molecular complexity index is 1030. The molecule has 0 fully saturated rings. The van der Waals surface area contributed by atoms with Gasteiger partial charge in [0.15, 0.2) is 0 Å². The normalized spacial score (nSPS) is 12.2. The lowest BCUT2D eigenvalue weighted by molar-refractivity contribution is -0.115. The maximum absolute atomic E-state index is 12.6. The van der Waals surface area contributed by atoms with Crippen LogP contribution < -0.4 is 10.2 Å². The van der Waals surface area contributed by atoms with E-state index in [1.165, 1.54) is 17.3 Å². The number of unbranched alkanes of at least 4 members (excludes halogenated alkanes) is 1. The van der Waals surface area contributed by atoms with E-state index in [1.54, 1.807) is 4.52 Å². The molecule has 1 unspecified atom stereocenters. The number of nitrogens with one attached hydrogen (secondary N) is 1. The van der Waals surface area contributed by atoms with Gasteiger partial charge in [0, 0.05) is 36.9 Å². The monoisotopic (exact) mass is 426 g/mol. The number of nitrogens with zero attached hydrogens (tertiary/aromatic N) is 5. The molecule has 30 heavy (non-hydrogen) atoms. The van der Waals surface area contributed by atoms with Gasteiger partial charge in [-0.25, -0.2) is 9.50 Å². The summed E-state index contributed by atoms with van der Waals surface area (Å²) in [4.78, 5) is 23.8. The van der Waals surface area contributed by atoms with Crippen molar-refractivity contribution in [1.29, 1.82) is 0 Å². The van der Waals surface area contributed by atoms with Gasteiger partial charge in [0.2, 0.25) is 11.1 Å². The summed E-state index contributed by atoms with van der Waals surface area (Å²) >= 11 is 1.34. The third-order valence-corrected chi connectivity index (χ3v) is 6.06. The Morgan fingerprint density at radius 3 is 2.53 bits per heavy atom. The van der Waals surface area contributed by atoms with E-state index in [0.29, 0.717) is 10.9 Å². The molecule has 3 rings (SSSR count). The Balaban J connectivity index is 1.71. The standard InChI is InChI=1S/C22H30N6OS/c1-7-8-9-19-14(2)23-21-25-22(26-28(21)15(19)3)30-16(4)20(29)24-17-10-12-18(13-11-17)27(5)6/h10-13,16H,7-9H2,1-6H3,(H,24,29). The number of rotatable bonds is 8. The number of amides is 1. The van der Waals surface area contributed by atoms with E-state index in [0.717, 1.165) is 42.0 Å². The smallest absolute Gasteiger partial charge is 0.253 e. The van der Waals surface area contributed by atoms with E-state index >= 15 is 0 Å². The number of carbonyl (C=O) groups is 1. The number of hydrogen-bond acceptors (Lipinski definition) is 6. The van der Waals surface area contributed by atoms with Crippen molar-refractivity contribution in [3.63, 3.8) is 0 Å². The van der Waals surface area contributed by atoms with Crippen LogP contribution in [0, 0.1) is 13.8 Å². The first-order valence-corrected chi connectivity index (χ1v) is 11.2. The summed E-state index contributed by atoms with van der Waals surface area (Å²) in [7, 11) is 3.97. The van der Waals surface area contributed by atoms with Gasteiger partial charge in [-0.1, -0.05) is 25.1 Å². The summed E-state index contributed by atoms with van der Waals surface area (Å²) in [6.07, 6.45) is 3.25. The average Bonchev–Trinajstić information content (AvgIpc) is 3.10. The zero-order valence-corrected chi connectivity index (χ0v) is 19.4. The molecule has 1 amide bonds. The van der Waals surface area contributed by atoms with Crippen LogP contribution in [-0.2, 0) is 11.2 Å². The molecule has 0 radical (unpaired) electrons. The van der Waals surface area contributed by atoms with Gasteiger partial charge in [0.1, 0.15) is 0 Å². The molecule has 0 saturated carbocycles. The molecule has 0 bridgehead atoms. The Kier molecular flexibility index (Phi) is 6.97. The highest BCUT2D eigenvalue weighted by Crippen LogP contribution is 2.24. The minimum atomic E-state index is -0.336. The fraction of sp³-hybridized carbons (Fsp3) is 0.455. The van der Waals surface area contributed by atoms with E-state index in [-0.39, 0.29) is 11.2 Å². The van der Waals surface area contributed by atoms with Crippen LogP contribution in [0.4, 0.5) is 11.4 Å². The molecule has 3 aromatic rings. The van der Waals surface area contributed by atoms with Gasteiger partial charge in [0.25, 0.3) is 5.78 Å². The van der Waals surface area contributed by atoms with Crippen LogP contribution in [0.5, 0.6) is 0 Å². The SMILES string of the molecule is CCCCc1c(C)nc2nc(SC(C)C(=O)Nc3ccc(N(C)C)cc3)nn2c1C. The van der Waals surface area contributed by atoms with Crippen molar-refractivity contribution in [2.75, 3.05) is 24.3 Å². The largest absolute Gasteiger partial charge is 0.378 e. The fourth-order valence-electron chi connectivity index (χ4n) is 3.25. The summed E-state index contributed by atoms with van der Waals surface area (Å²) in [5.74, 6) is 0.501. The average molecular weight is 427 g/mol. The third-order valence-electron chi connectivity index (χ3n) is 5.11. The number of aryl methyl sites for hydroxylation is 2. The molecule has 2 heterocycles. The van der Waals surface area contributed by atoms with Crippen molar-refractivity contribution >= 4 is 34.8 Å². The summed E-state index contributed by atoms with van der Waals surface area (Å²) in [6, 6.07) is 7.76. The molecule has 1 N–H and O–H groups in total. The molecule has 1 atom stereocenters. The highest BCUT2D eigenvalue weighted by atomic mass is 32.2. The molecular formula is C22H30N6OS. The lowest BCUT2D eigenvalue weighted by Gasteiger charge is -2.14. The minimum Gasteiger partial charge on any atom is -0.378 e. The van der Waals surface area contributed by atoms with Crippen molar-refractivity contribution in [2.24, 2.45) is 0 Å². The molecule has 0 aliphatic heterocycles. The van der Waals surface area contributed by atoms with Crippen LogP contribution in [0.3, 0.4) is 0 Å². The molecule has 8 heteroatoms. The predicted molar refractivity (Wildman–Crippen MR) is 124 cm³/mol. The molecule has 0 aliphatic carbocycles. The number of benzene rings is 1. The van der Waals surface area contributed by atoms with Gasteiger partial charge in [-0.3, -0.25) is 4.79 Å². The number of fused-ring (bicyclic) bond motifs is 1. The summed E-state index contributed by atoms with van der Waals surface area (Å²) in [6.45, 7) is 8.13. The van der Waals surface area contributed by atoms with Gasteiger partial charge in [0.05, 0.1) is 5.25 Å². The van der Waals surface area contributed by atoms with Crippen LogP contribution in [-0.4, -0.2) is 44.8 Å². The van der Waals surface area contributed by atoms with Gasteiger partial charge < -0.3 is 10.2 Å². The van der Waals surface area contributed by atoms with E-state index in [1.807, 2.05) is 57.1 Å². The Morgan fingerprint density at radius 1 is 1.20 bits per heavy atom. The molecular weight excluding hydrogens is 396 g/mol. The summed E-state index contributed by atoms with van der Waals surface area (Å²) < 4.78 is 1.80. The third kappa shape index (κ3) is 4.92. The van der Waals surface area contributed by atoms with Crippen molar-refractivity contribution in [1.82, 2.24) is 19.6 Å². The van der Waals surface area contributed by atoms with Crippen molar-refractivity contribution in [3.05, 3.63) is 41.2 Å². The Labute approximate surface area is 182 Å². The van der Waals surface area contributed by atoms with E-state index < -0.39 is 0 Å². The van der Waals surface area contributed by atoms with Crippen LogP contribution in [0.25, 0.3) is 5.78 Å². The zero-order chi connectivity index (χ0) is 21.8. The molecule has 160 valence electrons. The summed E-state index contributed by atoms with van der Waals surface area (Å²) in [5, 5.41) is 7.78.